The number of rotatable bonds is 6. The SMILES string of the molecule is Cc1ccc(C(=O)Oc2ccc3ccccc3c2C=NNS(=O)(=O)c2ccccc2)cc1. The average Bonchev–Trinajstić information content (AvgIpc) is 2.81. The summed E-state index contributed by atoms with van der Waals surface area (Å²) >= 11 is 0. The van der Waals surface area contributed by atoms with Gasteiger partial charge in [-0.25, -0.2) is 9.63 Å². The molecule has 7 heteroatoms. The van der Waals surface area contributed by atoms with Gasteiger partial charge < -0.3 is 4.74 Å². The second-order valence-electron chi connectivity index (χ2n) is 7.12. The number of hydrogen-bond acceptors (Lipinski definition) is 5. The lowest BCUT2D eigenvalue weighted by Gasteiger charge is -2.11. The molecule has 4 rings (SSSR count). The quantitative estimate of drug-likeness (QED) is 0.203. The third kappa shape index (κ3) is 4.68. The number of ether oxygens (including phenoxy) is 1. The number of hydrogen-bond donors (Lipinski definition) is 1. The van der Waals surface area contributed by atoms with Gasteiger partial charge in [0.2, 0.25) is 0 Å². The van der Waals surface area contributed by atoms with Crippen molar-refractivity contribution in [3.8, 4) is 5.75 Å². The summed E-state index contributed by atoms with van der Waals surface area (Å²) in [6, 6.07) is 26.0. The van der Waals surface area contributed by atoms with Gasteiger partial charge in [-0.1, -0.05) is 66.2 Å². The number of carbonyl (C=O) groups is 1. The summed E-state index contributed by atoms with van der Waals surface area (Å²) in [7, 11) is -3.82. The first-order valence-electron chi connectivity index (χ1n) is 9.84. The van der Waals surface area contributed by atoms with Gasteiger partial charge in [0, 0.05) is 5.56 Å². The van der Waals surface area contributed by atoms with Crippen molar-refractivity contribution in [2.24, 2.45) is 5.10 Å². The highest BCUT2D eigenvalue weighted by molar-refractivity contribution is 7.89. The first-order chi connectivity index (χ1) is 15.4. The van der Waals surface area contributed by atoms with Crippen LogP contribution in [0.25, 0.3) is 10.8 Å². The average molecular weight is 445 g/mol. The van der Waals surface area contributed by atoms with Crippen LogP contribution in [0.4, 0.5) is 0 Å². The minimum Gasteiger partial charge on any atom is -0.422 e. The number of esters is 1. The second kappa shape index (κ2) is 9.03. The van der Waals surface area contributed by atoms with Crippen molar-refractivity contribution in [2.45, 2.75) is 11.8 Å². The molecule has 0 atom stereocenters. The maximum atomic E-state index is 12.7. The standard InChI is InChI=1S/C25H20N2O4S/c1-18-11-13-20(14-12-18)25(28)31-24-16-15-19-7-5-6-10-22(19)23(24)17-26-27-32(29,30)21-8-3-2-4-9-21/h2-17,27H,1H3. The van der Waals surface area contributed by atoms with Crippen LogP contribution in [0.15, 0.2) is 101 Å². The van der Waals surface area contributed by atoms with Crippen molar-refractivity contribution in [2.75, 3.05) is 0 Å². The van der Waals surface area contributed by atoms with E-state index in [1.165, 1.54) is 18.3 Å². The highest BCUT2D eigenvalue weighted by atomic mass is 32.2. The number of carbonyl (C=O) groups excluding carboxylic acids is 1. The zero-order valence-electron chi connectivity index (χ0n) is 17.2. The number of nitrogens with zero attached hydrogens (tertiary/aromatic N) is 1. The Labute approximate surface area is 186 Å². The predicted molar refractivity (Wildman–Crippen MR) is 124 cm³/mol. The van der Waals surface area contributed by atoms with Crippen LogP contribution in [0.2, 0.25) is 0 Å². The molecule has 0 heterocycles. The van der Waals surface area contributed by atoms with Crippen molar-refractivity contribution >= 4 is 33.0 Å². The number of aryl methyl sites for hydroxylation is 1. The van der Waals surface area contributed by atoms with Gasteiger partial charge in [0.1, 0.15) is 5.75 Å². The molecule has 0 saturated carbocycles. The monoisotopic (exact) mass is 444 g/mol. The summed E-state index contributed by atoms with van der Waals surface area (Å²) in [6.07, 6.45) is 1.35. The topological polar surface area (TPSA) is 84.8 Å². The molecule has 4 aromatic carbocycles. The van der Waals surface area contributed by atoms with Crippen LogP contribution in [-0.2, 0) is 10.0 Å². The fraction of sp³-hybridized carbons (Fsp3) is 0.0400. The summed E-state index contributed by atoms with van der Waals surface area (Å²) in [4.78, 5) is 15.0. The van der Waals surface area contributed by atoms with Gasteiger partial charge in [0.05, 0.1) is 16.7 Å². The number of fused-ring (bicyclic) bond motifs is 1. The van der Waals surface area contributed by atoms with E-state index >= 15 is 0 Å². The summed E-state index contributed by atoms with van der Waals surface area (Å²) in [5.74, 6) is -0.239. The van der Waals surface area contributed by atoms with Gasteiger partial charge in [-0.3, -0.25) is 0 Å². The first-order valence-corrected chi connectivity index (χ1v) is 11.3. The normalized spacial score (nSPS) is 11.5. The van der Waals surface area contributed by atoms with Gasteiger partial charge in [-0.05, 0) is 48.0 Å². The van der Waals surface area contributed by atoms with Crippen molar-refractivity contribution in [3.05, 3.63) is 108 Å². The van der Waals surface area contributed by atoms with E-state index in [1.807, 2.05) is 49.4 Å². The van der Waals surface area contributed by atoms with E-state index in [2.05, 4.69) is 9.93 Å². The van der Waals surface area contributed by atoms with E-state index in [1.54, 1.807) is 36.4 Å². The molecule has 6 nitrogen and oxygen atoms in total. The second-order valence-corrected chi connectivity index (χ2v) is 8.78. The Balaban J connectivity index is 1.67. The van der Waals surface area contributed by atoms with Crippen LogP contribution in [0.1, 0.15) is 21.5 Å². The molecule has 4 aromatic rings. The maximum absolute atomic E-state index is 12.7. The van der Waals surface area contributed by atoms with Crippen LogP contribution in [0, 0.1) is 6.92 Å². The van der Waals surface area contributed by atoms with Gasteiger partial charge in [0.25, 0.3) is 10.0 Å². The molecule has 0 aromatic heterocycles. The Hall–Kier alpha value is -3.97. The van der Waals surface area contributed by atoms with E-state index < -0.39 is 16.0 Å². The van der Waals surface area contributed by atoms with Crippen LogP contribution >= 0.6 is 0 Å². The van der Waals surface area contributed by atoms with Crippen LogP contribution in [0.3, 0.4) is 0 Å². The highest BCUT2D eigenvalue weighted by Crippen LogP contribution is 2.27. The summed E-state index contributed by atoms with van der Waals surface area (Å²) in [5.41, 5.74) is 1.93. The molecule has 1 N–H and O–H groups in total. The molecule has 0 aliphatic heterocycles. The van der Waals surface area contributed by atoms with Gasteiger partial charge in [0.15, 0.2) is 0 Å². The molecule has 0 unspecified atom stereocenters. The summed E-state index contributed by atoms with van der Waals surface area (Å²) in [5, 5.41) is 5.60. The Morgan fingerprint density at radius 3 is 2.31 bits per heavy atom. The molecule has 0 spiro atoms. The van der Waals surface area contributed by atoms with Crippen molar-refractivity contribution in [3.63, 3.8) is 0 Å². The Morgan fingerprint density at radius 2 is 1.56 bits per heavy atom. The molecule has 0 radical (unpaired) electrons. The highest BCUT2D eigenvalue weighted by Gasteiger charge is 2.15. The van der Waals surface area contributed by atoms with Crippen LogP contribution < -0.4 is 9.57 Å². The Morgan fingerprint density at radius 1 is 0.875 bits per heavy atom. The van der Waals surface area contributed by atoms with Gasteiger partial charge >= 0.3 is 5.97 Å². The van der Waals surface area contributed by atoms with Crippen molar-refractivity contribution in [1.29, 1.82) is 0 Å². The molecule has 32 heavy (non-hydrogen) atoms. The zero-order valence-corrected chi connectivity index (χ0v) is 18.0. The van der Waals surface area contributed by atoms with Crippen LogP contribution in [0.5, 0.6) is 5.75 Å². The third-order valence-electron chi connectivity index (χ3n) is 4.84. The number of hydrazone groups is 1. The molecule has 0 saturated heterocycles. The molecule has 0 aliphatic carbocycles. The van der Waals surface area contributed by atoms with E-state index in [9.17, 15) is 13.2 Å². The summed E-state index contributed by atoms with van der Waals surface area (Å²) in [6.45, 7) is 1.93. The van der Waals surface area contributed by atoms with Crippen LogP contribution in [-0.4, -0.2) is 20.6 Å². The number of nitrogens with one attached hydrogen (secondary N) is 1. The largest absolute Gasteiger partial charge is 0.422 e. The fourth-order valence-corrected chi connectivity index (χ4v) is 3.97. The van der Waals surface area contributed by atoms with E-state index in [0.717, 1.165) is 16.3 Å². The van der Waals surface area contributed by atoms with Crippen molar-refractivity contribution < 1.29 is 17.9 Å². The third-order valence-corrected chi connectivity index (χ3v) is 6.08. The minimum atomic E-state index is -3.82. The number of sulfonamides is 1. The predicted octanol–water partition coefficient (Wildman–Crippen LogP) is 4.68. The maximum Gasteiger partial charge on any atom is 0.343 e. The zero-order chi connectivity index (χ0) is 22.6. The molecular weight excluding hydrogens is 424 g/mol. The lowest BCUT2D eigenvalue weighted by Crippen LogP contribution is -2.18. The van der Waals surface area contributed by atoms with Crippen molar-refractivity contribution in [1.82, 2.24) is 4.83 Å². The molecular formula is C25H20N2O4S. The lowest BCUT2D eigenvalue weighted by molar-refractivity contribution is 0.0734. The fourth-order valence-electron chi connectivity index (χ4n) is 3.16. The molecule has 0 bridgehead atoms. The van der Waals surface area contributed by atoms with E-state index in [4.69, 9.17) is 4.74 Å². The first kappa shape index (κ1) is 21.3. The smallest absolute Gasteiger partial charge is 0.343 e. The van der Waals surface area contributed by atoms with E-state index in [-0.39, 0.29) is 10.6 Å². The minimum absolute atomic E-state index is 0.0982. The van der Waals surface area contributed by atoms with E-state index in [0.29, 0.717) is 11.1 Å². The Bertz CT molecular complexity index is 1400. The molecule has 160 valence electrons. The molecule has 0 fully saturated rings. The molecule has 0 amide bonds. The van der Waals surface area contributed by atoms with Gasteiger partial charge in [-0.2, -0.15) is 13.5 Å². The summed E-state index contributed by atoms with van der Waals surface area (Å²) < 4.78 is 30.5. The Kier molecular flexibility index (Phi) is 6.00. The lowest BCUT2D eigenvalue weighted by atomic mass is 10.0. The number of benzene rings is 4. The van der Waals surface area contributed by atoms with Gasteiger partial charge in [-0.15, -0.1) is 0 Å². The molecule has 0 aliphatic rings.